The maximum Gasteiger partial charge on any atom is 0.0569 e. The van der Waals surface area contributed by atoms with Crippen LogP contribution in [0.3, 0.4) is 0 Å². The highest BCUT2D eigenvalue weighted by molar-refractivity contribution is 5.45. The van der Waals surface area contributed by atoms with E-state index in [1.165, 1.54) is 5.69 Å². The first-order valence-corrected chi connectivity index (χ1v) is 5.82. The Labute approximate surface area is 97.1 Å². The Morgan fingerprint density at radius 3 is 2.44 bits per heavy atom. The van der Waals surface area contributed by atoms with Crippen LogP contribution in [0.15, 0.2) is 18.3 Å². The highest BCUT2D eigenvalue weighted by Gasteiger charge is 2.14. The molecule has 1 aliphatic rings. The number of likely N-dealkylation sites (N-methyl/N-ethyl adjacent to an activating group) is 1. The normalized spacial score (nSPS) is 19.8. The molecule has 1 aliphatic heterocycles. The van der Waals surface area contributed by atoms with Crippen LogP contribution < -0.4 is 10.6 Å². The van der Waals surface area contributed by atoms with E-state index >= 15 is 0 Å². The van der Waals surface area contributed by atoms with Gasteiger partial charge in [-0.1, -0.05) is 0 Å². The van der Waals surface area contributed by atoms with Crippen LogP contribution in [-0.2, 0) is 0 Å². The molecule has 0 unspecified atom stereocenters. The summed E-state index contributed by atoms with van der Waals surface area (Å²) in [5.41, 5.74) is 7.94. The summed E-state index contributed by atoms with van der Waals surface area (Å²) in [6.45, 7) is 6.35. The fourth-order valence-corrected chi connectivity index (χ4v) is 1.92. The lowest BCUT2D eigenvalue weighted by atomic mass is 10.2. The average Bonchev–Trinajstić information content (AvgIpc) is 2.30. The van der Waals surface area contributed by atoms with Gasteiger partial charge in [0.15, 0.2) is 0 Å². The number of pyridine rings is 1. The molecule has 2 N–H and O–H groups in total. The number of hydrogen-bond donors (Lipinski definition) is 1. The highest BCUT2D eigenvalue weighted by Crippen LogP contribution is 2.16. The van der Waals surface area contributed by atoms with Crippen molar-refractivity contribution >= 4 is 5.69 Å². The molecule has 1 aromatic rings. The van der Waals surface area contributed by atoms with Crippen molar-refractivity contribution in [2.75, 3.05) is 38.1 Å². The molecule has 0 aromatic carbocycles. The summed E-state index contributed by atoms with van der Waals surface area (Å²) in [4.78, 5) is 9.11. The molecule has 1 aromatic heterocycles. The third kappa shape index (κ3) is 2.51. The van der Waals surface area contributed by atoms with Gasteiger partial charge in [-0.2, -0.15) is 0 Å². The third-order valence-corrected chi connectivity index (χ3v) is 3.11. The van der Waals surface area contributed by atoms with Crippen LogP contribution in [0.1, 0.15) is 18.7 Å². The molecular weight excluding hydrogens is 200 g/mol. The van der Waals surface area contributed by atoms with Crippen molar-refractivity contribution in [2.45, 2.75) is 13.0 Å². The van der Waals surface area contributed by atoms with E-state index in [1.54, 1.807) is 0 Å². The first kappa shape index (κ1) is 11.4. The number of aromatic nitrogens is 1. The van der Waals surface area contributed by atoms with E-state index in [4.69, 9.17) is 5.73 Å². The Balaban J connectivity index is 2.04. The number of piperazine rings is 1. The van der Waals surface area contributed by atoms with E-state index in [-0.39, 0.29) is 6.04 Å². The van der Waals surface area contributed by atoms with E-state index in [0.29, 0.717) is 0 Å². The van der Waals surface area contributed by atoms with Crippen LogP contribution in [0.25, 0.3) is 0 Å². The molecular formula is C12H20N4. The van der Waals surface area contributed by atoms with Crippen molar-refractivity contribution in [1.29, 1.82) is 0 Å². The molecule has 2 heterocycles. The smallest absolute Gasteiger partial charge is 0.0569 e. The van der Waals surface area contributed by atoms with Crippen molar-refractivity contribution in [1.82, 2.24) is 9.88 Å². The van der Waals surface area contributed by atoms with Gasteiger partial charge in [-0.3, -0.25) is 4.98 Å². The number of rotatable bonds is 2. The van der Waals surface area contributed by atoms with Gasteiger partial charge in [0.2, 0.25) is 0 Å². The lowest BCUT2D eigenvalue weighted by molar-refractivity contribution is 0.313. The lowest BCUT2D eigenvalue weighted by Crippen LogP contribution is -2.44. The minimum absolute atomic E-state index is 0.0153. The molecule has 1 saturated heterocycles. The van der Waals surface area contributed by atoms with Crippen LogP contribution >= 0.6 is 0 Å². The SMILES string of the molecule is C[C@H](N)c1ccc(N2CCN(C)CC2)cn1. The molecule has 0 bridgehead atoms. The van der Waals surface area contributed by atoms with Gasteiger partial charge in [-0.15, -0.1) is 0 Å². The quantitative estimate of drug-likeness (QED) is 0.802. The Kier molecular flexibility index (Phi) is 3.41. The first-order valence-electron chi connectivity index (χ1n) is 5.82. The second-order valence-electron chi connectivity index (χ2n) is 4.52. The summed E-state index contributed by atoms with van der Waals surface area (Å²) in [5.74, 6) is 0. The largest absolute Gasteiger partial charge is 0.368 e. The second-order valence-corrected chi connectivity index (χ2v) is 4.52. The summed E-state index contributed by atoms with van der Waals surface area (Å²) >= 11 is 0. The zero-order chi connectivity index (χ0) is 11.5. The maximum atomic E-state index is 5.78. The van der Waals surface area contributed by atoms with Gasteiger partial charge in [-0.05, 0) is 26.1 Å². The molecule has 0 aliphatic carbocycles. The van der Waals surface area contributed by atoms with Gasteiger partial charge >= 0.3 is 0 Å². The van der Waals surface area contributed by atoms with Crippen molar-refractivity contribution < 1.29 is 0 Å². The predicted octanol–water partition coefficient (Wildman–Crippen LogP) is 0.853. The molecule has 0 amide bonds. The van der Waals surface area contributed by atoms with E-state index in [9.17, 15) is 0 Å². The molecule has 4 nitrogen and oxygen atoms in total. The van der Waals surface area contributed by atoms with E-state index in [1.807, 2.05) is 19.2 Å². The van der Waals surface area contributed by atoms with Crippen molar-refractivity contribution in [3.8, 4) is 0 Å². The minimum atomic E-state index is 0.0153. The second kappa shape index (κ2) is 4.80. The summed E-state index contributed by atoms with van der Waals surface area (Å²) in [6.07, 6.45) is 1.93. The monoisotopic (exact) mass is 220 g/mol. The molecule has 2 rings (SSSR count). The van der Waals surface area contributed by atoms with E-state index in [2.05, 4.69) is 27.9 Å². The molecule has 0 saturated carbocycles. The van der Waals surface area contributed by atoms with Crippen molar-refractivity contribution in [2.24, 2.45) is 5.73 Å². The number of anilines is 1. The summed E-state index contributed by atoms with van der Waals surface area (Å²) in [7, 11) is 2.16. The zero-order valence-electron chi connectivity index (χ0n) is 10.1. The number of nitrogens with two attached hydrogens (primary N) is 1. The maximum absolute atomic E-state index is 5.78. The zero-order valence-corrected chi connectivity index (χ0v) is 10.1. The van der Waals surface area contributed by atoms with Crippen LogP contribution in [0.5, 0.6) is 0 Å². The number of hydrogen-bond acceptors (Lipinski definition) is 4. The Bertz CT molecular complexity index is 325. The Morgan fingerprint density at radius 1 is 1.25 bits per heavy atom. The van der Waals surface area contributed by atoms with Crippen LogP contribution in [0.2, 0.25) is 0 Å². The topological polar surface area (TPSA) is 45.4 Å². The summed E-state index contributed by atoms with van der Waals surface area (Å²) < 4.78 is 0. The van der Waals surface area contributed by atoms with Gasteiger partial charge in [0.05, 0.1) is 17.6 Å². The molecule has 88 valence electrons. The fraction of sp³-hybridized carbons (Fsp3) is 0.583. The van der Waals surface area contributed by atoms with Gasteiger partial charge in [0, 0.05) is 32.2 Å². The molecule has 4 heteroatoms. The van der Waals surface area contributed by atoms with Gasteiger partial charge < -0.3 is 15.5 Å². The lowest BCUT2D eigenvalue weighted by Gasteiger charge is -2.33. The highest BCUT2D eigenvalue weighted by atomic mass is 15.2. The predicted molar refractivity (Wildman–Crippen MR) is 66.5 cm³/mol. The standard InChI is InChI=1S/C12H20N4/c1-10(13)12-4-3-11(9-14-12)16-7-5-15(2)6-8-16/h3-4,9-10H,5-8,13H2,1-2H3/t10-/m0/s1. The van der Waals surface area contributed by atoms with Gasteiger partial charge in [-0.25, -0.2) is 0 Å². The van der Waals surface area contributed by atoms with Gasteiger partial charge in [0.1, 0.15) is 0 Å². The minimum Gasteiger partial charge on any atom is -0.368 e. The molecule has 0 radical (unpaired) electrons. The van der Waals surface area contributed by atoms with Crippen LogP contribution in [0.4, 0.5) is 5.69 Å². The molecule has 16 heavy (non-hydrogen) atoms. The first-order chi connectivity index (χ1) is 7.66. The molecule has 1 fully saturated rings. The fourth-order valence-electron chi connectivity index (χ4n) is 1.92. The summed E-state index contributed by atoms with van der Waals surface area (Å²) in [5, 5.41) is 0. The van der Waals surface area contributed by atoms with Crippen LogP contribution in [-0.4, -0.2) is 43.1 Å². The number of nitrogens with zero attached hydrogens (tertiary/aromatic N) is 3. The molecule has 0 spiro atoms. The molecule has 1 atom stereocenters. The van der Waals surface area contributed by atoms with Crippen molar-refractivity contribution in [3.63, 3.8) is 0 Å². The van der Waals surface area contributed by atoms with Gasteiger partial charge in [0.25, 0.3) is 0 Å². The average molecular weight is 220 g/mol. The van der Waals surface area contributed by atoms with E-state index in [0.717, 1.165) is 31.9 Å². The third-order valence-electron chi connectivity index (χ3n) is 3.11. The Morgan fingerprint density at radius 2 is 1.94 bits per heavy atom. The summed E-state index contributed by atoms with van der Waals surface area (Å²) in [6, 6.07) is 4.16. The van der Waals surface area contributed by atoms with Crippen LogP contribution in [0, 0.1) is 0 Å². The van der Waals surface area contributed by atoms with Crippen molar-refractivity contribution in [3.05, 3.63) is 24.0 Å². The van der Waals surface area contributed by atoms with E-state index < -0.39 is 0 Å². The Hall–Kier alpha value is -1.13.